The highest BCUT2D eigenvalue weighted by molar-refractivity contribution is 7.91. The molecule has 0 amide bonds. The van der Waals surface area contributed by atoms with Crippen molar-refractivity contribution in [1.29, 1.82) is 0 Å². The molecular weight excluding hydrogens is 452 g/mol. The Morgan fingerprint density at radius 2 is 1.67 bits per heavy atom. The summed E-state index contributed by atoms with van der Waals surface area (Å²) in [6, 6.07) is 14.8. The molecule has 3 N–H and O–H groups in total. The van der Waals surface area contributed by atoms with Crippen molar-refractivity contribution in [3.05, 3.63) is 90.3 Å². The maximum absolute atomic E-state index is 14.7. The van der Waals surface area contributed by atoms with Gasteiger partial charge < -0.3 is 10.5 Å². The highest BCUT2D eigenvalue weighted by Crippen LogP contribution is 2.33. The molecule has 2 heterocycles. The second kappa shape index (κ2) is 9.17. The van der Waals surface area contributed by atoms with Crippen molar-refractivity contribution in [2.75, 3.05) is 10.5 Å². The predicted octanol–water partition coefficient (Wildman–Crippen LogP) is 4.13. The third-order valence-electron chi connectivity index (χ3n) is 4.41. The van der Waals surface area contributed by atoms with Gasteiger partial charge in [-0.3, -0.25) is 4.72 Å². The van der Waals surface area contributed by atoms with Gasteiger partial charge in [0.25, 0.3) is 0 Å². The fraction of sp³-hybridized carbons (Fsp3) is 0.0455. The summed E-state index contributed by atoms with van der Waals surface area (Å²) in [4.78, 5) is 12.0. The molecule has 0 radical (unpaired) electrons. The molecule has 0 aliphatic carbocycles. The number of ether oxygens (including phenoxy) is 1. The number of nitrogens with two attached hydrogens (primary N) is 1. The van der Waals surface area contributed by atoms with E-state index in [2.05, 4.69) is 15.0 Å². The Labute approximate surface area is 188 Å². The third kappa shape index (κ3) is 5.39. The molecule has 0 unspecified atom stereocenters. The number of sulfonamides is 1. The lowest BCUT2D eigenvalue weighted by molar-refractivity contribution is 0.454. The Kier molecular flexibility index (Phi) is 6.13. The van der Waals surface area contributed by atoms with E-state index in [4.69, 9.17) is 10.5 Å². The number of nitrogen functional groups attached to an aromatic ring is 1. The van der Waals surface area contributed by atoms with Crippen LogP contribution in [0.25, 0.3) is 11.3 Å². The van der Waals surface area contributed by atoms with Gasteiger partial charge in [-0.15, -0.1) is 0 Å². The summed E-state index contributed by atoms with van der Waals surface area (Å²) in [6.07, 6.45) is 2.88. The largest absolute Gasteiger partial charge is 0.438 e. The fourth-order valence-electron chi connectivity index (χ4n) is 2.99. The van der Waals surface area contributed by atoms with Crippen molar-refractivity contribution in [3.8, 4) is 22.9 Å². The monoisotopic (exact) mass is 469 g/mol. The van der Waals surface area contributed by atoms with Crippen LogP contribution in [0.3, 0.4) is 0 Å². The summed E-state index contributed by atoms with van der Waals surface area (Å²) in [5, 5.41) is 0. The van der Waals surface area contributed by atoms with Gasteiger partial charge in [-0.2, -0.15) is 0 Å². The Hall–Kier alpha value is -4.12. The summed E-state index contributed by atoms with van der Waals surface area (Å²) in [5.74, 6) is -2.91. The van der Waals surface area contributed by atoms with Crippen LogP contribution in [0, 0.1) is 11.6 Å². The van der Waals surface area contributed by atoms with Crippen LogP contribution in [0.15, 0.2) is 73.1 Å². The van der Waals surface area contributed by atoms with E-state index >= 15 is 0 Å². The van der Waals surface area contributed by atoms with Crippen molar-refractivity contribution in [2.45, 2.75) is 5.75 Å². The Morgan fingerprint density at radius 3 is 2.36 bits per heavy atom. The van der Waals surface area contributed by atoms with E-state index in [0.717, 1.165) is 12.1 Å². The van der Waals surface area contributed by atoms with Crippen molar-refractivity contribution < 1.29 is 21.9 Å². The molecule has 0 atom stereocenters. The number of aromatic nitrogens is 3. The lowest BCUT2D eigenvalue weighted by atomic mass is 10.2. The molecule has 2 aromatic heterocycles. The standard InChI is InChI=1S/C22H17F2N5O3S/c23-17-11-15(32-21-16(7-4-9-26-21)19-8-10-27-22(25)28-19)12-18(24)20(17)29-33(30,31)13-14-5-2-1-3-6-14/h1-12,29H,13H2,(H2,25,27,28). The lowest BCUT2D eigenvalue weighted by Gasteiger charge is -2.13. The smallest absolute Gasteiger partial charge is 0.237 e. The minimum Gasteiger partial charge on any atom is -0.438 e. The van der Waals surface area contributed by atoms with Crippen molar-refractivity contribution in [3.63, 3.8) is 0 Å². The molecule has 4 rings (SSSR count). The van der Waals surface area contributed by atoms with Gasteiger partial charge in [0.15, 0.2) is 11.6 Å². The molecule has 2 aromatic carbocycles. The van der Waals surface area contributed by atoms with E-state index in [1.54, 1.807) is 48.5 Å². The molecule has 4 aromatic rings. The highest BCUT2D eigenvalue weighted by Gasteiger charge is 2.20. The number of rotatable bonds is 7. The van der Waals surface area contributed by atoms with Crippen LogP contribution in [-0.2, 0) is 15.8 Å². The van der Waals surface area contributed by atoms with Crippen LogP contribution in [0.5, 0.6) is 11.6 Å². The molecule has 0 aliphatic heterocycles. The quantitative estimate of drug-likeness (QED) is 0.417. The molecule has 0 bridgehead atoms. The first-order chi connectivity index (χ1) is 15.8. The van der Waals surface area contributed by atoms with Crippen molar-refractivity contribution in [2.24, 2.45) is 0 Å². The van der Waals surface area contributed by atoms with Crippen LogP contribution in [0.2, 0.25) is 0 Å². The van der Waals surface area contributed by atoms with Gasteiger partial charge in [0.05, 0.1) is 17.0 Å². The molecule has 0 saturated heterocycles. The summed E-state index contributed by atoms with van der Waals surface area (Å²) in [6.45, 7) is 0. The molecular formula is C22H17F2N5O3S. The number of nitrogens with zero attached hydrogens (tertiary/aromatic N) is 3. The average molecular weight is 469 g/mol. The van der Waals surface area contributed by atoms with E-state index in [1.165, 1.54) is 12.4 Å². The number of hydrogen-bond donors (Lipinski definition) is 2. The topological polar surface area (TPSA) is 120 Å². The van der Waals surface area contributed by atoms with Crippen LogP contribution in [0.4, 0.5) is 20.4 Å². The zero-order valence-corrected chi connectivity index (χ0v) is 17.8. The molecule has 0 fully saturated rings. The van der Waals surface area contributed by atoms with Crippen LogP contribution < -0.4 is 15.2 Å². The van der Waals surface area contributed by atoms with Gasteiger partial charge in [-0.25, -0.2) is 32.2 Å². The van der Waals surface area contributed by atoms with Gasteiger partial charge in [0.2, 0.25) is 21.9 Å². The minimum absolute atomic E-state index is 0.0202. The number of halogens is 2. The molecule has 168 valence electrons. The van der Waals surface area contributed by atoms with E-state index in [0.29, 0.717) is 16.8 Å². The van der Waals surface area contributed by atoms with Gasteiger partial charge in [-0.1, -0.05) is 30.3 Å². The molecule has 0 aliphatic rings. The van der Waals surface area contributed by atoms with E-state index in [9.17, 15) is 17.2 Å². The average Bonchev–Trinajstić information content (AvgIpc) is 2.77. The molecule has 33 heavy (non-hydrogen) atoms. The van der Waals surface area contributed by atoms with E-state index < -0.39 is 33.1 Å². The maximum Gasteiger partial charge on any atom is 0.237 e. The third-order valence-corrected chi connectivity index (χ3v) is 5.64. The highest BCUT2D eigenvalue weighted by atomic mass is 32.2. The summed E-state index contributed by atoms with van der Waals surface area (Å²) in [5.41, 5.74) is 6.10. The number of nitrogens with one attached hydrogen (secondary N) is 1. The maximum atomic E-state index is 14.7. The number of pyridine rings is 1. The van der Waals surface area contributed by atoms with Crippen LogP contribution in [0.1, 0.15) is 5.56 Å². The summed E-state index contributed by atoms with van der Waals surface area (Å²) < 4.78 is 61.6. The second-order valence-electron chi connectivity index (χ2n) is 6.87. The van der Waals surface area contributed by atoms with E-state index in [-0.39, 0.29) is 17.6 Å². The molecule has 0 spiro atoms. The molecule has 8 nitrogen and oxygen atoms in total. The first-order valence-corrected chi connectivity index (χ1v) is 11.2. The van der Waals surface area contributed by atoms with Gasteiger partial charge in [-0.05, 0) is 23.8 Å². The number of hydrogen-bond acceptors (Lipinski definition) is 7. The molecule has 11 heteroatoms. The van der Waals surface area contributed by atoms with Crippen molar-refractivity contribution >= 4 is 21.7 Å². The Balaban J connectivity index is 1.59. The SMILES string of the molecule is Nc1nccc(-c2cccnc2Oc2cc(F)c(NS(=O)(=O)Cc3ccccc3)c(F)c2)n1. The van der Waals surface area contributed by atoms with Gasteiger partial charge in [0.1, 0.15) is 11.4 Å². The predicted molar refractivity (Wildman–Crippen MR) is 119 cm³/mol. The number of anilines is 2. The second-order valence-corrected chi connectivity index (χ2v) is 8.59. The molecule has 0 saturated carbocycles. The first-order valence-electron chi connectivity index (χ1n) is 9.56. The Bertz CT molecular complexity index is 1380. The minimum atomic E-state index is -4.06. The van der Waals surface area contributed by atoms with Crippen LogP contribution in [-0.4, -0.2) is 23.4 Å². The first kappa shape index (κ1) is 22.1. The number of benzene rings is 2. The normalized spacial score (nSPS) is 11.2. The lowest BCUT2D eigenvalue weighted by Crippen LogP contribution is -2.17. The van der Waals surface area contributed by atoms with Crippen LogP contribution >= 0.6 is 0 Å². The van der Waals surface area contributed by atoms with Gasteiger partial charge in [0, 0.05) is 24.5 Å². The zero-order chi connectivity index (χ0) is 23.4. The van der Waals surface area contributed by atoms with Crippen molar-refractivity contribution in [1.82, 2.24) is 15.0 Å². The Morgan fingerprint density at radius 1 is 0.939 bits per heavy atom. The summed E-state index contributed by atoms with van der Waals surface area (Å²) in [7, 11) is -4.06. The fourth-order valence-corrected chi connectivity index (χ4v) is 4.20. The van der Waals surface area contributed by atoms with Gasteiger partial charge >= 0.3 is 0 Å². The van der Waals surface area contributed by atoms with E-state index in [1.807, 2.05) is 4.72 Å². The summed E-state index contributed by atoms with van der Waals surface area (Å²) >= 11 is 0. The zero-order valence-electron chi connectivity index (χ0n) is 16.9.